The molecule has 108 valence electrons. The van der Waals surface area contributed by atoms with Crippen LogP contribution >= 0.6 is 0 Å². The number of methoxy groups -OCH3 is 2. The van der Waals surface area contributed by atoms with Crippen LogP contribution in [-0.4, -0.2) is 25.8 Å². The van der Waals surface area contributed by atoms with Crippen molar-refractivity contribution in [2.45, 2.75) is 32.3 Å². The quantitative estimate of drug-likeness (QED) is 0.793. The van der Waals surface area contributed by atoms with E-state index < -0.39 is 5.60 Å². The number of rotatable bonds is 4. The van der Waals surface area contributed by atoms with Crippen molar-refractivity contribution >= 4 is 12.0 Å². The maximum Gasteiger partial charge on any atom is 0.305 e. The number of hydrogen-bond donors (Lipinski definition) is 0. The van der Waals surface area contributed by atoms with Crippen LogP contribution in [0.25, 0.3) is 6.08 Å². The van der Waals surface area contributed by atoms with Gasteiger partial charge in [-0.3, -0.25) is 4.79 Å². The van der Waals surface area contributed by atoms with Crippen LogP contribution in [0.15, 0.2) is 18.2 Å². The van der Waals surface area contributed by atoms with Gasteiger partial charge in [0.1, 0.15) is 17.1 Å². The number of hydrogen-bond acceptors (Lipinski definition) is 4. The zero-order chi connectivity index (χ0) is 14.8. The highest BCUT2D eigenvalue weighted by Crippen LogP contribution is 2.39. The van der Waals surface area contributed by atoms with Gasteiger partial charge in [-0.25, -0.2) is 0 Å². The van der Waals surface area contributed by atoms with E-state index >= 15 is 0 Å². The normalized spacial score (nSPS) is 20.0. The molecule has 0 fully saturated rings. The lowest BCUT2D eigenvalue weighted by Crippen LogP contribution is -2.32. The Morgan fingerprint density at radius 3 is 2.75 bits per heavy atom. The number of aryl methyl sites for hydroxylation is 1. The second kappa shape index (κ2) is 5.57. The van der Waals surface area contributed by atoms with Gasteiger partial charge >= 0.3 is 5.97 Å². The van der Waals surface area contributed by atoms with E-state index in [0.29, 0.717) is 12.8 Å². The molecule has 1 aromatic rings. The van der Waals surface area contributed by atoms with Gasteiger partial charge < -0.3 is 14.2 Å². The highest BCUT2D eigenvalue weighted by atomic mass is 16.5. The molecule has 1 atom stereocenters. The van der Waals surface area contributed by atoms with E-state index in [2.05, 4.69) is 4.74 Å². The van der Waals surface area contributed by atoms with Gasteiger partial charge in [-0.1, -0.05) is 6.07 Å². The van der Waals surface area contributed by atoms with Crippen LogP contribution in [0.5, 0.6) is 11.5 Å². The van der Waals surface area contributed by atoms with Gasteiger partial charge in [-0.2, -0.15) is 0 Å². The minimum absolute atomic E-state index is 0.226. The average Bonchev–Trinajstić information content (AvgIpc) is 2.45. The molecule has 0 radical (unpaired) electrons. The first-order chi connectivity index (χ1) is 9.49. The highest BCUT2D eigenvalue weighted by Gasteiger charge is 2.29. The lowest BCUT2D eigenvalue weighted by Gasteiger charge is -2.32. The summed E-state index contributed by atoms with van der Waals surface area (Å²) >= 11 is 0. The van der Waals surface area contributed by atoms with Gasteiger partial charge in [0.2, 0.25) is 0 Å². The summed E-state index contributed by atoms with van der Waals surface area (Å²) < 4.78 is 16.1. The van der Waals surface area contributed by atoms with Crippen LogP contribution in [0.1, 0.15) is 30.9 Å². The third kappa shape index (κ3) is 2.79. The summed E-state index contributed by atoms with van der Waals surface area (Å²) in [5, 5.41) is 0. The van der Waals surface area contributed by atoms with Gasteiger partial charge in [-0.05, 0) is 37.6 Å². The minimum Gasteiger partial charge on any atom is -0.496 e. The Morgan fingerprint density at radius 2 is 2.10 bits per heavy atom. The molecular weight excluding hydrogens is 256 g/mol. The fourth-order valence-electron chi connectivity index (χ4n) is 2.34. The Balaban J connectivity index is 2.22. The van der Waals surface area contributed by atoms with Gasteiger partial charge in [-0.15, -0.1) is 0 Å². The summed E-state index contributed by atoms with van der Waals surface area (Å²) in [4.78, 5) is 11.3. The smallest absolute Gasteiger partial charge is 0.305 e. The first-order valence-electron chi connectivity index (χ1n) is 6.62. The Hall–Kier alpha value is -1.97. The molecule has 1 aliphatic rings. The molecule has 0 aliphatic carbocycles. The number of carbonyl (C=O) groups is 1. The summed E-state index contributed by atoms with van der Waals surface area (Å²) in [6.07, 6.45) is 4.88. The Kier molecular flexibility index (Phi) is 4.02. The topological polar surface area (TPSA) is 44.8 Å². The molecule has 4 nitrogen and oxygen atoms in total. The van der Waals surface area contributed by atoms with Crippen molar-refractivity contribution in [1.29, 1.82) is 0 Å². The monoisotopic (exact) mass is 276 g/mol. The van der Waals surface area contributed by atoms with Crippen molar-refractivity contribution < 1.29 is 19.0 Å². The fraction of sp³-hybridized carbons (Fsp3) is 0.438. The number of carbonyl (C=O) groups excluding carboxylic acids is 1. The second-order valence-electron chi connectivity index (χ2n) is 5.15. The third-order valence-corrected chi connectivity index (χ3v) is 3.56. The molecule has 0 saturated carbocycles. The summed E-state index contributed by atoms with van der Waals surface area (Å²) in [6.45, 7) is 3.96. The van der Waals surface area contributed by atoms with Crippen molar-refractivity contribution in [2.75, 3.05) is 14.2 Å². The van der Waals surface area contributed by atoms with Crippen LogP contribution in [0.2, 0.25) is 0 Å². The number of benzene rings is 1. The van der Waals surface area contributed by atoms with Crippen LogP contribution in [0, 0.1) is 6.92 Å². The minimum atomic E-state index is -0.499. The Labute approximate surface area is 119 Å². The molecule has 4 heteroatoms. The van der Waals surface area contributed by atoms with E-state index in [9.17, 15) is 4.79 Å². The molecule has 0 N–H and O–H groups in total. The van der Waals surface area contributed by atoms with Crippen molar-refractivity contribution in [2.24, 2.45) is 0 Å². The van der Waals surface area contributed by atoms with E-state index in [1.807, 2.05) is 38.1 Å². The van der Waals surface area contributed by atoms with Gasteiger partial charge in [0, 0.05) is 12.8 Å². The molecule has 2 rings (SSSR count). The first kappa shape index (κ1) is 14.4. The van der Waals surface area contributed by atoms with Crippen LogP contribution in [0.4, 0.5) is 0 Å². The number of ether oxygens (including phenoxy) is 3. The molecule has 0 bridgehead atoms. The van der Waals surface area contributed by atoms with Crippen molar-refractivity contribution in [3.8, 4) is 11.5 Å². The molecule has 20 heavy (non-hydrogen) atoms. The van der Waals surface area contributed by atoms with Crippen molar-refractivity contribution in [3.63, 3.8) is 0 Å². The maximum absolute atomic E-state index is 11.3. The zero-order valence-corrected chi connectivity index (χ0v) is 12.4. The molecule has 1 aliphatic heterocycles. The molecule has 0 aromatic heterocycles. The molecular formula is C16H20O4. The maximum atomic E-state index is 11.3. The van der Waals surface area contributed by atoms with E-state index in [0.717, 1.165) is 22.6 Å². The van der Waals surface area contributed by atoms with E-state index in [4.69, 9.17) is 9.47 Å². The summed E-state index contributed by atoms with van der Waals surface area (Å²) in [5.74, 6) is 1.38. The lowest BCUT2D eigenvalue weighted by atomic mass is 9.94. The zero-order valence-electron chi connectivity index (χ0n) is 12.4. The Bertz CT molecular complexity index is 548. The molecule has 1 aromatic carbocycles. The highest BCUT2D eigenvalue weighted by molar-refractivity contribution is 5.71. The molecule has 0 saturated heterocycles. The van der Waals surface area contributed by atoms with Crippen LogP contribution < -0.4 is 9.47 Å². The Morgan fingerprint density at radius 1 is 1.35 bits per heavy atom. The van der Waals surface area contributed by atoms with Crippen molar-refractivity contribution in [1.82, 2.24) is 0 Å². The lowest BCUT2D eigenvalue weighted by molar-refractivity contribution is -0.141. The van der Waals surface area contributed by atoms with E-state index in [1.165, 1.54) is 7.11 Å². The molecule has 1 heterocycles. The summed E-state index contributed by atoms with van der Waals surface area (Å²) in [7, 11) is 3.05. The van der Waals surface area contributed by atoms with Crippen LogP contribution in [0.3, 0.4) is 0 Å². The van der Waals surface area contributed by atoms with Crippen LogP contribution in [-0.2, 0) is 9.53 Å². The molecule has 1 unspecified atom stereocenters. The van der Waals surface area contributed by atoms with E-state index in [1.54, 1.807) is 7.11 Å². The van der Waals surface area contributed by atoms with Gasteiger partial charge in [0.05, 0.1) is 19.8 Å². The number of esters is 1. The average molecular weight is 276 g/mol. The fourth-order valence-corrected chi connectivity index (χ4v) is 2.34. The summed E-state index contributed by atoms with van der Waals surface area (Å²) in [6, 6.07) is 3.91. The molecule has 0 spiro atoms. The van der Waals surface area contributed by atoms with Crippen molar-refractivity contribution in [3.05, 3.63) is 29.3 Å². The van der Waals surface area contributed by atoms with Gasteiger partial charge in [0.15, 0.2) is 0 Å². The predicted octanol–water partition coefficient (Wildman–Crippen LogP) is 3.12. The second-order valence-corrected chi connectivity index (χ2v) is 5.15. The summed E-state index contributed by atoms with van der Waals surface area (Å²) in [5.41, 5.74) is 1.52. The van der Waals surface area contributed by atoms with Gasteiger partial charge in [0.25, 0.3) is 0 Å². The largest absolute Gasteiger partial charge is 0.496 e. The van der Waals surface area contributed by atoms with E-state index in [-0.39, 0.29) is 5.97 Å². The molecule has 0 amide bonds. The SMILES string of the molecule is COC(=O)CCC1(C)C=Cc2c(ccc(C)c2OC)O1. The first-order valence-corrected chi connectivity index (χ1v) is 6.62. The third-order valence-electron chi connectivity index (χ3n) is 3.56. The standard InChI is InChI=1S/C16H20O4/c1-11-5-6-13-12(15(11)19-4)7-9-16(2,20-13)10-8-14(17)18-3/h5-7,9H,8,10H2,1-4H3. The number of fused-ring (bicyclic) bond motifs is 1. The predicted molar refractivity (Wildman–Crippen MR) is 77.0 cm³/mol.